The van der Waals surface area contributed by atoms with Gasteiger partial charge in [-0.2, -0.15) is 5.26 Å². The third-order valence-corrected chi connectivity index (χ3v) is 5.89. The molecule has 3 rings (SSSR count). The highest BCUT2D eigenvalue weighted by atomic mass is 35.5. The van der Waals surface area contributed by atoms with Gasteiger partial charge in [0, 0.05) is 22.8 Å². The lowest BCUT2D eigenvalue weighted by atomic mass is 10.1. The van der Waals surface area contributed by atoms with Gasteiger partial charge in [-0.05, 0) is 80.8 Å². The van der Waals surface area contributed by atoms with Gasteiger partial charge in [0.1, 0.15) is 11.6 Å². The summed E-state index contributed by atoms with van der Waals surface area (Å²) in [7, 11) is 0. The molecule has 0 aliphatic carbocycles. The maximum atomic E-state index is 12.7. The fourth-order valence-corrected chi connectivity index (χ4v) is 3.63. The zero-order valence-electron chi connectivity index (χ0n) is 17.2. The topological polar surface area (TPSA) is 57.8 Å². The van der Waals surface area contributed by atoms with Crippen molar-refractivity contribution in [2.75, 3.05) is 5.32 Å². The molecule has 0 bridgehead atoms. The lowest BCUT2D eigenvalue weighted by Crippen LogP contribution is -2.14. The Balaban J connectivity index is 1.96. The molecule has 2 aromatic carbocycles. The number of aryl methyl sites for hydroxylation is 2. The van der Waals surface area contributed by atoms with Gasteiger partial charge in [0.15, 0.2) is 0 Å². The normalized spacial score (nSPS) is 11.3. The molecule has 1 amide bonds. The molecule has 0 fully saturated rings. The fraction of sp³-hybridized carbons (Fsp3) is 0.167. The number of nitriles is 1. The van der Waals surface area contributed by atoms with Gasteiger partial charge in [0.25, 0.3) is 5.91 Å². The minimum absolute atomic E-state index is 0.0327. The first kappa shape index (κ1) is 21.7. The van der Waals surface area contributed by atoms with Crippen molar-refractivity contribution < 1.29 is 4.79 Å². The minimum Gasteiger partial charge on any atom is -0.321 e. The molecule has 3 aromatic rings. The second-order valence-electron chi connectivity index (χ2n) is 7.13. The summed E-state index contributed by atoms with van der Waals surface area (Å²) >= 11 is 12.2. The summed E-state index contributed by atoms with van der Waals surface area (Å²) in [5.74, 6) is -0.439. The second kappa shape index (κ2) is 8.79. The predicted octanol–water partition coefficient (Wildman–Crippen LogP) is 6.56. The molecule has 0 atom stereocenters. The molecule has 30 heavy (non-hydrogen) atoms. The molecule has 1 N–H and O–H groups in total. The monoisotopic (exact) mass is 437 g/mol. The largest absolute Gasteiger partial charge is 0.321 e. The van der Waals surface area contributed by atoms with E-state index in [1.165, 1.54) is 0 Å². The quantitative estimate of drug-likeness (QED) is 0.370. The Morgan fingerprint density at radius 3 is 2.47 bits per heavy atom. The van der Waals surface area contributed by atoms with E-state index in [4.69, 9.17) is 23.2 Å². The van der Waals surface area contributed by atoms with E-state index in [1.54, 1.807) is 18.2 Å². The van der Waals surface area contributed by atoms with Crippen molar-refractivity contribution in [3.05, 3.63) is 86.2 Å². The zero-order valence-corrected chi connectivity index (χ0v) is 18.7. The van der Waals surface area contributed by atoms with Crippen LogP contribution in [0.15, 0.2) is 48.0 Å². The number of hydrogen-bond donors (Lipinski definition) is 1. The highest BCUT2D eigenvalue weighted by Gasteiger charge is 2.15. The van der Waals surface area contributed by atoms with Crippen LogP contribution in [0.1, 0.15) is 28.1 Å². The van der Waals surface area contributed by atoms with Crippen LogP contribution in [0.5, 0.6) is 0 Å². The van der Waals surface area contributed by atoms with Gasteiger partial charge in [-0.3, -0.25) is 4.79 Å². The van der Waals surface area contributed by atoms with Gasteiger partial charge in [0.2, 0.25) is 0 Å². The first-order chi connectivity index (χ1) is 14.2. The molecule has 0 aliphatic rings. The number of hydrogen-bond acceptors (Lipinski definition) is 2. The first-order valence-corrected chi connectivity index (χ1v) is 10.1. The zero-order chi connectivity index (χ0) is 22.0. The fourth-order valence-electron chi connectivity index (χ4n) is 3.34. The van der Waals surface area contributed by atoms with Crippen LogP contribution in [0.4, 0.5) is 5.69 Å². The van der Waals surface area contributed by atoms with Crippen LogP contribution >= 0.6 is 23.2 Å². The number of anilines is 1. The predicted molar refractivity (Wildman–Crippen MR) is 123 cm³/mol. The average Bonchev–Trinajstić information content (AvgIpc) is 2.98. The Kier molecular flexibility index (Phi) is 6.36. The van der Waals surface area contributed by atoms with Crippen LogP contribution < -0.4 is 5.32 Å². The Morgan fingerprint density at radius 2 is 1.80 bits per heavy atom. The number of amides is 1. The molecule has 1 aromatic heterocycles. The summed E-state index contributed by atoms with van der Waals surface area (Å²) in [5.41, 5.74) is 6.25. The molecular formula is C24H21Cl2N3O. The number of carbonyl (C=O) groups is 1. The van der Waals surface area contributed by atoms with Crippen LogP contribution in [-0.4, -0.2) is 10.5 Å². The van der Waals surface area contributed by atoms with Crippen molar-refractivity contribution in [3.8, 4) is 11.8 Å². The van der Waals surface area contributed by atoms with E-state index in [9.17, 15) is 10.1 Å². The van der Waals surface area contributed by atoms with E-state index in [0.717, 1.165) is 33.8 Å². The second-order valence-corrected chi connectivity index (χ2v) is 7.95. The number of aromatic nitrogens is 1. The van der Waals surface area contributed by atoms with Crippen LogP contribution in [0.3, 0.4) is 0 Å². The average molecular weight is 438 g/mol. The number of halogens is 2. The lowest BCUT2D eigenvalue weighted by molar-refractivity contribution is -0.112. The van der Waals surface area contributed by atoms with Crippen molar-refractivity contribution in [2.24, 2.45) is 0 Å². The summed E-state index contributed by atoms with van der Waals surface area (Å²) in [5, 5.41) is 13.4. The minimum atomic E-state index is -0.439. The SMILES string of the molecule is Cc1cccc(NC(=O)/C(C#N)=C/c2cc(C)n(-c3ccc(Cl)c(Cl)c3)c2C)c1C. The standard InChI is InChI=1S/C24H21Cl2N3O/c1-14-6-5-7-23(16(14)3)28-24(30)19(13-27)11-18-10-15(2)29(17(18)4)20-8-9-21(25)22(26)12-20/h5-12H,1-4H3,(H,28,30)/b19-11+. The molecule has 152 valence electrons. The van der Waals surface area contributed by atoms with Crippen molar-refractivity contribution in [1.82, 2.24) is 4.57 Å². The van der Waals surface area contributed by atoms with Gasteiger partial charge in [0.05, 0.1) is 10.0 Å². The Labute approximate surface area is 186 Å². The number of nitrogens with zero attached hydrogens (tertiary/aromatic N) is 2. The molecular weight excluding hydrogens is 417 g/mol. The molecule has 0 aliphatic heterocycles. The van der Waals surface area contributed by atoms with Crippen molar-refractivity contribution in [3.63, 3.8) is 0 Å². The smallest absolute Gasteiger partial charge is 0.266 e. The van der Waals surface area contributed by atoms with Crippen molar-refractivity contribution in [2.45, 2.75) is 27.7 Å². The summed E-state index contributed by atoms with van der Waals surface area (Å²) in [6.07, 6.45) is 1.61. The summed E-state index contributed by atoms with van der Waals surface area (Å²) in [6, 6.07) is 15.0. The summed E-state index contributed by atoms with van der Waals surface area (Å²) in [6.45, 7) is 7.80. The lowest BCUT2D eigenvalue weighted by Gasteiger charge is -2.11. The highest BCUT2D eigenvalue weighted by Crippen LogP contribution is 2.28. The maximum absolute atomic E-state index is 12.7. The molecule has 6 heteroatoms. The van der Waals surface area contributed by atoms with Gasteiger partial charge < -0.3 is 9.88 Å². The van der Waals surface area contributed by atoms with E-state index >= 15 is 0 Å². The van der Waals surface area contributed by atoms with E-state index < -0.39 is 5.91 Å². The Bertz CT molecular complexity index is 1220. The number of benzene rings is 2. The van der Waals surface area contributed by atoms with E-state index in [1.807, 2.05) is 68.7 Å². The van der Waals surface area contributed by atoms with Crippen LogP contribution in [0.25, 0.3) is 11.8 Å². The maximum Gasteiger partial charge on any atom is 0.266 e. The van der Waals surface area contributed by atoms with Crippen molar-refractivity contribution >= 4 is 40.9 Å². The third-order valence-electron chi connectivity index (χ3n) is 5.15. The highest BCUT2D eigenvalue weighted by molar-refractivity contribution is 6.42. The summed E-state index contributed by atoms with van der Waals surface area (Å²) < 4.78 is 2.01. The molecule has 0 spiro atoms. The molecule has 1 heterocycles. The van der Waals surface area contributed by atoms with Gasteiger partial charge in [-0.15, -0.1) is 0 Å². The Morgan fingerprint density at radius 1 is 1.07 bits per heavy atom. The number of rotatable bonds is 4. The molecule has 0 radical (unpaired) electrons. The van der Waals surface area contributed by atoms with Crippen LogP contribution in [-0.2, 0) is 4.79 Å². The van der Waals surface area contributed by atoms with E-state index in [-0.39, 0.29) is 5.57 Å². The molecule has 0 saturated carbocycles. The van der Waals surface area contributed by atoms with Gasteiger partial charge in [-0.1, -0.05) is 35.3 Å². The summed E-state index contributed by atoms with van der Waals surface area (Å²) in [4.78, 5) is 12.7. The third kappa shape index (κ3) is 4.28. The van der Waals surface area contributed by atoms with Crippen LogP contribution in [0.2, 0.25) is 10.0 Å². The first-order valence-electron chi connectivity index (χ1n) is 9.36. The van der Waals surface area contributed by atoms with Crippen LogP contribution in [0, 0.1) is 39.0 Å². The molecule has 0 unspecified atom stereocenters. The van der Waals surface area contributed by atoms with Gasteiger partial charge in [-0.25, -0.2) is 0 Å². The molecule has 0 saturated heterocycles. The Hall–Kier alpha value is -3.00. The number of carbonyl (C=O) groups excluding carboxylic acids is 1. The van der Waals surface area contributed by atoms with Gasteiger partial charge >= 0.3 is 0 Å². The molecule has 4 nitrogen and oxygen atoms in total. The van der Waals surface area contributed by atoms with E-state index in [0.29, 0.717) is 15.7 Å². The number of nitrogens with one attached hydrogen (secondary N) is 1. The van der Waals surface area contributed by atoms with E-state index in [2.05, 4.69) is 5.32 Å². The van der Waals surface area contributed by atoms with Crippen molar-refractivity contribution in [1.29, 1.82) is 5.26 Å².